The monoisotopic (exact) mass is 377 g/mol. The SMILES string of the molecule is COc1cc(NCCCCN2CCN3CCCCC3C2)cc(OC)c1OC. The molecule has 6 nitrogen and oxygen atoms in total. The fourth-order valence-electron chi connectivity index (χ4n) is 4.30. The van der Waals surface area contributed by atoms with E-state index in [1.165, 1.54) is 58.4 Å². The number of hydrogen-bond acceptors (Lipinski definition) is 6. The minimum Gasteiger partial charge on any atom is -0.493 e. The van der Waals surface area contributed by atoms with Gasteiger partial charge in [0.15, 0.2) is 11.5 Å². The summed E-state index contributed by atoms with van der Waals surface area (Å²) in [7, 11) is 4.92. The van der Waals surface area contributed by atoms with Crippen LogP contribution in [0.3, 0.4) is 0 Å². The Balaban J connectivity index is 1.40. The quantitative estimate of drug-likeness (QED) is 0.668. The van der Waals surface area contributed by atoms with Crippen molar-refractivity contribution < 1.29 is 14.2 Å². The van der Waals surface area contributed by atoms with Crippen molar-refractivity contribution in [2.75, 3.05) is 65.9 Å². The van der Waals surface area contributed by atoms with Gasteiger partial charge in [-0.2, -0.15) is 0 Å². The van der Waals surface area contributed by atoms with Gasteiger partial charge in [0.1, 0.15) is 0 Å². The highest BCUT2D eigenvalue weighted by molar-refractivity contribution is 5.62. The normalized spacial score (nSPS) is 20.8. The van der Waals surface area contributed by atoms with E-state index in [0.717, 1.165) is 24.7 Å². The lowest BCUT2D eigenvalue weighted by Gasteiger charge is -2.44. The summed E-state index contributed by atoms with van der Waals surface area (Å²) >= 11 is 0. The number of nitrogens with one attached hydrogen (secondary N) is 1. The molecule has 6 heteroatoms. The van der Waals surface area contributed by atoms with E-state index in [4.69, 9.17) is 14.2 Å². The average molecular weight is 378 g/mol. The van der Waals surface area contributed by atoms with Crippen LogP contribution in [0, 0.1) is 0 Å². The summed E-state index contributed by atoms with van der Waals surface area (Å²) in [5.41, 5.74) is 1.00. The topological polar surface area (TPSA) is 46.2 Å². The zero-order valence-electron chi connectivity index (χ0n) is 17.1. The Morgan fingerprint density at radius 1 is 0.963 bits per heavy atom. The number of fused-ring (bicyclic) bond motifs is 1. The number of piperazine rings is 1. The van der Waals surface area contributed by atoms with Crippen molar-refractivity contribution in [3.05, 3.63) is 12.1 Å². The summed E-state index contributed by atoms with van der Waals surface area (Å²) in [6.07, 6.45) is 6.57. The van der Waals surface area contributed by atoms with Gasteiger partial charge < -0.3 is 24.4 Å². The van der Waals surface area contributed by atoms with Crippen LogP contribution < -0.4 is 19.5 Å². The van der Waals surface area contributed by atoms with Crippen LogP contribution in [-0.4, -0.2) is 76.4 Å². The Bertz CT molecular complexity index is 571. The Morgan fingerprint density at radius 2 is 1.74 bits per heavy atom. The molecule has 0 radical (unpaired) electrons. The lowest BCUT2D eigenvalue weighted by atomic mass is 9.99. The molecule has 2 fully saturated rings. The van der Waals surface area contributed by atoms with Crippen molar-refractivity contribution in [3.8, 4) is 17.2 Å². The Hall–Kier alpha value is -1.66. The van der Waals surface area contributed by atoms with E-state index in [2.05, 4.69) is 15.1 Å². The zero-order valence-corrected chi connectivity index (χ0v) is 17.1. The Kier molecular flexibility index (Phi) is 7.47. The van der Waals surface area contributed by atoms with Gasteiger partial charge in [0.05, 0.1) is 21.3 Å². The molecular weight excluding hydrogens is 342 g/mol. The highest BCUT2D eigenvalue weighted by atomic mass is 16.5. The summed E-state index contributed by atoms with van der Waals surface area (Å²) in [6, 6.07) is 4.73. The second kappa shape index (κ2) is 10.0. The summed E-state index contributed by atoms with van der Waals surface area (Å²) in [4.78, 5) is 5.36. The number of rotatable bonds is 9. The van der Waals surface area contributed by atoms with Gasteiger partial charge in [0.25, 0.3) is 0 Å². The van der Waals surface area contributed by atoms with Crippen molar-refractivity contribution in [2.24, 2.45) is 0 Å². The first-order valence-corrected chi connectivity index (χ1v) is 10.3. The molecule has 3 rings (SSSR count). The molecule has 0 bridgehead atoms. The van der Waals surface area contributed by atoms with Gasteiger partial charge in [-0.25, -0.2) is 0 Å². The van der Waals surface area contributed by atoms with Gasteiger partial charge in [-0.15, -0.1) is 0 Å². The molecule has 1 atom stereocenters. The minimum absolute atomic E-state index is 0.632. The Morgan fingerprint density at radius 3 is 2.44 bits per heavy atom. The lowest BCUT2D eigenvalue weighted by molar-refractivity contribution is 0.0488. The van der Waals surface area contributed by atoms with Gasteiger partial charge in [0, 0.05) is 50.0 Å². The van der Waals surface area contributed by atoms with Gasteiger partial charge in [0.2, 0.25) is 5.75 Å². The number of hydrogen-bond donors (Lipinski definition) is 1. The van der Waals surface area contributed by atoms with E-state index >= 15 is 0 Å². The van der Waals surface area contributed by atoms with E-state index in [1.807, 2.05) is 12.1 Å². The third-order valence-electron chi connectivity index (χ3n) is 5.82. The highest BCUT2D eigenvalue weighted by Crippen LogP contribution is 2.39. The smallest absolute Gasteiger partial charge is 0.203 e. The minimum atomic E-state index is 0.632. The van der Waals surface area contributed by atoms with Gasteiger partial charge >= 0.3 is 0 Å². The first-order valence-electron chi connectivity index (χ1n) is 10.3. The van der Waals surface area contributed by atoms with Crippen molar-refractivity contribution in [2.45, 2.75) is 38.1 Å². The maximum Gasteiger partial charge on any atom is 0.203 e. The molecule has 2 aliphatic heterocycles. The molecule has 0 amide bonds. The third-order valence-corrected chi connectivity index (χ3v) is 5.82. The fourth-order valence-corrected chi connectivity index (χ4v) is 4.30. The number of nitrogens with zero attached hydrogens (tertiary/aromatic N) is 2. The summed E-state index contributed by atoms with van der Waals surface area (Å²) < 4.78 is 16.2. The van der Waals surface area contributed by atoms with Crippen LogP contribution in [-0.2, 0) is 0 Å². The van der Waals surface area contributed by atoms with Gasteiger partial charge in [-0.1, -0.05) is 6.42 Å². The standard InChI is InChI=1S/C21H35N3O3/c1-25-19-14-17(15-20(26-2)21(19)27-3)22-9-5-7-10-23-12-13-24-11-6-4-8-18(24)16-23/h14-15,18,22H,4-13,16H2,1-3H3. The molecule has 2 aliphatic rings. The van der Waals surface area contributed by atoms with Gasteiger partial charge in [-0.3, -0.25) is 4.90 Å². The first kappa shape index (κ1) is 20.1. The van der Waals surface area contributed by atoms with E-state index in [0.29, 0.717) is 17.2 Å². The maximum atomic E-state index is 5.41. The van der Waals surface area contributed by atoms with E-state index < -0.39 is 0 Å². The molecule has 1 aromatic rings. The molecule has 27 heavy (non-hydrogen) atoms. The van der Waals surface area contributed by atoms with Crippen molar-refractivity contribution >= 4 is 5.69 Å². The predicted molar refractivity (Wildman–Crippen MR) is 109 cm³/mol. The van der Waals surface area contributed by atoms with E-state index in [9.17, 15) is 0 Å². The van der Waals surface area contributed by atoms with Crippen molar-refractivity contribution in [1.29, 1.82) is 0 Å². The largest absolute Gasteiger partial charge is 0.493 e. The molecule has 2 saturated heterocycles. The number of ether oxygens (including phenoxy) is 3. The zero-order chi connectivity index (χ0) is 19.1. The number of anilines is 1. The molecule has 0 spiro atoms. The van der Waals surface area contributed by atoms with Crippen LogP contribution in [0.4, 0.5) is 5.69 Å². The fraction of sp³-hybridized carbons (Fsp3) is 0.714. The van der Waals surface area contributed by atoms with E-state index in [1.54, 1.807) is 21.3 Å². The van der Waals surface area contributed by atoms with Crippen LogP contribution in [0.2, 0.25) is 0 Å². The molecule has 1 aromatic carbocycles. The van der Waals surface area contributed by atoms with Crippen LogP contribution >= 0.6 is 0 Å². The van der Waals surface area contributed by atoms with Crippen molar-refractivity contribution in [1.82, 2.24) is 9.80 Å². The summed E-state index contributed by atoms with van der Waals surface area (Å²) in [5.74, 6) is 2.00. The number of methoxy groups -OCH3 is 3. The molecule has 0 aliphatic carbocycles. The van der Waals surface area contributed by atoms with Crippen LogP contribution in [0.5, 0.6) is 17.2 Å². The van der Waals surface area contributed by atoms with Gasteiger partial charge in [-0.05, 0) is 38.8 Å². The average Bonchev–Trinajstić information content (AvgIpc) is 2.72. The molecule has 0 saturated carbocycles. The number of unbranched alkanes of at least 4 members (excludes halogenated alkanes) is 1. The second-order valence-electron chi connectivity index (χ2n) is 7.53. The molecule has 152 valence electrons. The summed E-state index contributed by atoms with van der Waals surface area (Å²) in [5, 5.41) is 3.49. The molecule has 1 unspecified atom stereocenters. The number of benzene rings is 1. The number of piperidine rings is 1. The molecular formula is C21H35N3O3. The van der Waals surface area contributed by atoms with Crippen LogP contribution in [0.15, 0.2) is 12.1 Å². The van der Waals surface area contributed by atoms with Crippen LogP contribution in [0.25, 0.3) is 0 Å². The molecule has 0 aromatic heterocycles. The summed E-state index contributed by atoms with van der Waals surface area (Å²) in [6.45, 7) is 7.23. The lowest BCUT2D eigenvalue weighted by Crippen LogP contribution is -2.54. The second-order valence-corrected chi connectivity index (χ2v) is 7.53. The first-order chi connectivity index (χ1) is 13.2. The predicted octanol–water partition coefficient (Wildman–Crippen LogP) is 3.07. The highest BCUT2D eigenvalue weighted by Gasteiger charge is 2.28. The Labute approximate surface area is 163 Å². The maximum absolute atomic E-state index is 5.41. The van der Waals surface area contributed by atoms with Crippen molar-refractivity contribution in [3.63, 3.8) is 0 Å². The van der Waals surface area contributed by atoms with E-state index in [-0.39, 0.29) is 0 Å². The third kappa shape index (κ3) is 5.20. The van der Waals surface area contributed by atoms with Crippen LogP contribution in [0.1, 0.15) is 32.1 Å². The molecule has 2 heterocycles. The molecule has 1 N–H and O–H groups in total.